The van der Waals surface area contributed by atoms with Gasteiger partial charge in [0.25, 0.3) is 5.91 Å². The van der Waals surface area contributed by atoms with Gasteiger partial charge < -0.3 is 20.3 Å². The first-order chi connectivity index (χ1) is 16.4. The maximum absolute atomic E-state index is 13.6. The number of ether oxygens (including phenoxy) is 1. The molecule has 188 valence electrons. The van der Waals surface area contributed by atoms with E-state index in [1.165, 1.54) is 11.9 Å². The van der Waals surface area contributed by atoms with Crippen molar-refractivity contribution >= 4 is 53.9 Å². The lowest BCUT2D eigenvalue weighted by Gasteiger charge is -2.31. The van der Waals surface area contributed by atoms with Crippen LogP contribution in [-0.4, -0.2) is 47.3 Å². The first-order valence-electron chi connectivity index (χ1n) is 11.0. The number of amides is 3. The molecular formula is C26H32ClN3O4S. The van der Waals surface area contributed by atoms with E-state index in [4.69, 9.17) is 16.3 Å². The molecule has 2 N–H and O–H groups in total. The Morgan fingerprint density at radius 3 is 2.43 bits per heavy atom. The molecule has 0 aliphatic rings. The summed E-state index contributed by atoms with van der Waals surface area (Å²) in [7, 11) is 1.50. The zero-order valence-electron chi connectivity index (χ0n) is 20.6. The first-order valence-corrected chi connectivity index (χ1v) is 12.0. The number of likely N-dealkylation sites (N-methyl/N-ethyl adjacent to an activating group) is 1. The summed E-state index contributed by atoms with van der Waals surface area (Å²) in [6.45, 7) is 10.8. The number of thiol groups is 1. The van der Waals surface area contributed by atoms with E-state index >= 15 is 0 Å². The van der Waals surface area contributed by atoms with E-state index in [-0.39, 0.29) is 5.75 Å². The normalized spacial score (nSPS) is 12.8. The van der Waals surface area contributed by atoms with Gasteiger partial charge >= 0.3 is 6.09 Å². The summed E-state index contributed by atoms with van der Waals surface area (Å²) in [4.78, 5) is 40.5. The predicted octanol–water partition coefficient (Wildman–Crippen LogP) is 5.25. The fourth-order valence-corrected chi connectivity index (χ4v) is 3.91. The van der Waals surface area contributed by atoms with Crippen LogP contribution in [0, 0.1) is 6.92 Å². The fraction of sp³-hybridized carbons (Fsp3) is 0.346. The molecular weight excluding hydrogens is 486 g/mol. The average molecular weight is 518 g/mol. The van der Waals surface area contributed by atoms with E-state index < -0.39 is 35.6 Å². The number of carbonyl (C=O) groups excluding carboxylic acids is 3. The van der Waals surface area contributed by atoms with Crippen molar-refractivity contribution in [2.24, 2.45) is 0 Å². The SMILES string of the molecule is C=Cc1cccc(C(C(=O)Nc2c(C)cccc2Cl)N(C)C(=O)C(CS)NC(=O)OC(C)(C)C)c1. The highest BCUT2D eigenvalue weighted by Crippen LogP contribution is 2.29. The number of hydrogen-bond donors (Lipinski definition) is 3. The van der Waals surface area contributed by atoms with Gasteiger partial charge in [-0.1, -0.05) is 54.6 Å². The Balaban J connectivity index is 2.41. The molecule has 0 aromatic heterocycles. The lowest BCUT2D eigenvalue weighted by atomic mass is 10.0. The largest absolute Gasteiger partial charge is 0.444 e. The molecule has 35 heavy (non-hydrogen) atoms. The third-order valence-electron chi connectivity index (χ3n) is 5.09. The molecule has 3 amide bonds. The van der Waals surface area contributed by atoms with Crippen LogP contribution in [-0.2, 0) is 14.3 Å². The molecule has 2 rings (SSSR count). The van der Waals surface area contributed by atoms with E-state index in [0.717, 1.165) is 11.1 Å². The number of halogens is 1. The van der Waals surface area contributed by atoms with Gasteiger partial charge in [0.05, 0.1) is 10.7 Å². The summed E-state index contributed by atoms with van der Waals surface area (Å²) in [5, 5.41) is 5.78. The van der Waals surface area contributed by atoms with Gasteiger partial charge in [-0.15, -0.1) is 0 Å². The van der Waals surface area contributed by atoms with Gasteiger partial charge in [-0.05, 0) is 56.5 Å². The van der Waals surface area contributed by atoms with Gasteiger partial charge in [-0.2, -0.15) is 12.6 Å². The highest BCUT2D eigenvalue weighted by molar-refractivity contribution is 7.80. The number of alkyl carbamates (subject to hydrolysis) is 1. The maximum Gasteiger partial charge on any atom is 0.408 e. The molecule has 0 aliphatic carbocycles. The quantitative estimate of drug-likeness (QED) is 0.417. The lowest BCUT2D eigenvalue weighted by molar-refractivity contribution is -0.138. The van der Waals surface area contributed by atoms with E-state index in [9.17, 15) is 14.4 Å². The van der Waals surface area contributed by atoms with Gasteiger partial charge in [-0.3, -0.25) is 9.59 Å². The summed E-state index contributed by atoms with van der Waals surface area (Å²) in [6.07, 6.45) is 0.902. The molecule has 0 bridgehead atoms. The second-order valence-corrected chi connectivity index (χ2v) is 9.80. The minimum absolute atomic E-state index is 0.00702. The van der Waals surface area contributed by atoms with Crippen molar-refractivity contribution in [1.82, 2.24) is 10.2 Å². The molecule has 2 atom stereocenters. The molecule has 0 radical (unpaired) electrons. The molecule has 0 spiro atoms. The first kappa shape index (κ1) is 28.3. The second-order valence-electron chi connectivity index (χ2n) is 9.03. The lowest BCUT2D eigenvalue weighted by Crippen LogP contribution is -2.52. The number of aryl methyl sites for hydroxylation is 1. The monoisotopic (exact) mass is 517 g/mol. The number of nitrogens with zero attached hydrogens (tertiary/aromatic N) is 1. The van der Waals surface area contributed by atoms with Gasteiger partial charge in [0.2, 0.25) is 5.91 Å². The molecule has 7 nitrogen and oxygen atoms in total. The second kappa shape index (κ2) is 12.1. The third kappa shape index (κ3) is 7.77. The number of para-hydroxylation sites is 1. The van der Waals surface area contributed by atoms with Crippen molar-refractivity contribution in [3.05, 3.63) is 70.8 Å². The van der Waals surface area contributed by atoms with Crippen LogP contribution < -0.4 is 10.6 Å². The summed E-state index contributed by atoms with van der Waals surface area (Å²) < 4.78 is 5.27. The van der Waals surface area contributed by atoms with E-state index in [2.05, 4.69) is 29.8 Å². The van der Waals surface area contributed by atoms with Crippen molar-refractivity contribution in [1.29, 1.82) is 0 Å². The third-order valence-corrected chi connectivity index (χ3v) is 5.77. The van der Waals surface area contributed by atoms with Crippen LogP contribution in [0.25, 0.3) is 6.08 Å². The van der Waals surface area contributed by atoms with Crippen LogP contribution in [0.4, 0.5) is 10.5 Å². The van der Waals surface area contributed by atoms with E-state index in [1.807, 2.05) is 19.1 Å². The van der Waals surface area contributed by atoms with Crippen LogP contribution >= 0.6 is 24.2 Å². The summed E-state index contributed by atoms with van der Waals surface area (Å²) >= 11 is 10.5. The Kier molecular flexibility index (Phi) is 9.80. The zero-order chi connectivity index (χ0) is 26.3. The number of carbonyl (C=O) groups is 3. The number of hydrogen-bond acceptors (Lipinski definition) is 5. The Morgan fingerprint density at radius 1 is 1.20 bits per heavy atom. The minimum atomic E-state index is -1.03. The molecule has 0 heterocycles. The minimum Gasteiger partial charge on any atom is -0.444 e. The molecule has 2 aromatic rings. The fourth-order valence-electron chi connectivity index (χ4n) is 3.40. The maximum atomic E-state index is 13.6. The molecule has 0 fully saturated rings. The molecule has 0 saturated heterocycles. The van der Waals surface area contributed by atoms with Crippen LogP contribution in [0.5, 0.6) is 0 Å². The van der Waals surface area contributed by atoms with E-state index in [1.54, 1.807) is 57.2 Å². The average Bonchev–Trinajstić information content (AvgIpc) is 2.78. The van der Waals surface area contributed by atoms with Crippen LogP contribution in [0.3, 0.4) is 0 Å². The Hall–Kier alpha value is -2.97. The van der Waals surface area contributed by atoms with E-state index in [0.29, 0.717) is 16.3 Å². The van der Waals surface area contributed by atoms with Gasteiger partial charge in [0, 0.05) is 12.8 Å². The Labute approximate surface area is 217 Å². The molecule has 2 unspecified atom stereocenters. The van der Waals surface area contributed by atoms with Gasteiger partial charge in [0.1, 0.15) is 17.7 Å². The van der Waals surface area contributed by atoms with Crippen molar-refractivity contribution < 1.29 is 19.1 Å². The Bertz CT molecular complexity index is 1080. The molecule has 0 aliphatic heterocycles. The highest BCUT2D eigenvalue weighted by Gasteiger charge is 2.34. The number of rotatable bonds is 8. The standard InChI is InChI=1S/C26H32ClN3O4S/c1-7-17-11-9-12-18(14-17)22(23(31)29-21-16(2)10-8-13-19(21)27)30(6)24(32)20(15-35)28-25(33)34-26(3,4)5/h7-14,20,22,35H,1,15H2,2-6H3,(H,28,33)(H,29,31). The van der Waals surface area contributed by atoms with Gasteiger partial charge in [-0.25, -0.2) is 4.79 Å². The summed E-state index contributed by atoms with van der Waals surface area (Å²) in [6, 6.07) is 10.4. The van der Waals surface area contributed by atoms with Crippen molar-refractivity contribution in [3.8, 4) is 0 Å². The van der Waals surface area contributed by atoms with Crippen LogP contribution in [0.2, 0.25) is 5.02 Å². The van der Waals surface area contributed by atoms with Gasteiger partial charge in [0.15, 0.2) is 0 Å². The smallest absolute Gasteiger partial charge is 0.408 e. The summed E-state index contributed by atoms with van der Waals surface area (Å²) in [5.74, 6) is -0.966. The molecule has 9 heteroatoms. The topological polar surface area (TPSA) is 87.7 Å². The zero-order valence-corrected chi connectivity index (χ0v) is 22.2. The van der Waals surface area contributed by atoms with Crippen molar-refractivity contribution in [2.45, 2.75) is 45.4 Å². The Morgan fingerprint density at radius 2 is 1.86 bits per heavy atom. The number of anilines is 1. The number of nitrogens with one attached hydrogen (secondary N) is 2. The highest BCUT2D eigenvalue weighted by atomic mass is 35.5. The molecule has 0 saturated carbocycles. The van der Waals surface area contributed by atoms with Crippen molar-refractivity contribution in [3.63, 3.8) is 0 Å². The summed E-state index contributed by atoms with van der Waals surface area (Å²) in [5.41, 5.74) is 1.85. The van der Waals surface area contributed by atoms with Crippen molar-refractivity contribution in [2.75, 3.05) is 18.1 Å². The predicted molar refractivity (Wildman–Crippen MR) is 144 cm³/mol. The number of benzene rings is 2. The van der Waals surface area contributed by atoms with Crippen LogP contribution in [0.15, 0.2) is 49.0 Å². The van der Waals surface area contributed by atoms with Crippen LogP contribution in [0.1, 0.15) is 43.5 Å². The molecule has 2 aromatic carbocycles.